The van der Waals surface area contributed by atoms with E-state index in [1.54, 1.807) is 0 Å². The Morgan fingerprint density at radius 3 is 3.18 bits per heavy atom. The second-order valence-electron chi connectivity index (χ2n) is 3.31. The molecule has 0 aromatic rings. The predicted octanol–water partition coefficient (Wildman–Crippen LogP) is 1.08. The van der Waals surface area contributed by atoms with Gasteiger partial charge in [0.15, 0.2) is 0 Å². The molecule has 2 rings (SSSR count). The highest BCUT2D eigenvalue weighted by atomic mass is 16.5. The molecule has 2 nitrogen and oxygen atoms in total. The fourth-order valence-electron chi connectivity index (χ4n) is 1.80. The third-order valence-electron chi connectivity index (χ3n) is 2.41. The summed E-state index contributed by atoms with van der Waals surface area (Å²) in [4.78, 5) is 0. The van der Waals surface area contributed by atoms with Crippen molar-refractivity contribution in [2.75, 3.05) is 13.2 Å². The maximum absolute atomic E-state index is 5.54. The normalized spacial score (nSPS) is 36.7. The summed E-state index contributed by atoms with van der Waals surface area (Å²) in [6.45, 7) is 2.01. The molecule has 0 aliphatic carbocycles. The van der Waals surface area contributed by atoms with Crippen LogP contribution in [0.1, 0.15) is 19.3 Å². The lowest BCUT2D eigenvalue weighted by molar-refractivity contribution is 0.0996. The van der Waals surface area contributed by atoms with E-state index in [-0.39, 0.29) is 0 Å². The Bertz CT molecular complexity index is 150. The zero-order chi connectivity index (χ0) is 7.52. The molecule has 2 aliphatic heterocycles. The number of ether oxygens (including phenoxy) is 1. The van der Waals surface area contributed by atoms with Crippen LogP contribution in [0.3, 0.4) is 0 Å². The van der Waals surface area contributed by atoms with Crippen molar-refractivity contribution in [2.24, 2.45) is 0 Å². The highest BCUT2D eigenvalue weighted by Gasteiger charge is 2.19. The van der Waals surface area contributed by atoms with Crippen molar-refractivity contribution in [3.8, 4) is 0 Å². The van der Waals surface area contributed by atoms with Gasteiger partial charge in [0, 0.05) is 19.2 Å². The number of hydrogen-bond acceptors (Lipinski definition) is 2. The van der Waals surface area contributed by atoms with E-state index in [9.17, 15) is 0 Å². The monoisotopic (exact) mass is 153 g/mol. The Labute approximate surface area is 67.6 Å². The minimum absolute atomic E-state index is 0.523. The number of rotatable bonds is 2. The van der Waals surface area contributed by atoms with Crippen LogP contribution in [-0.2, 0) is 4.74 Å². The molecule has 2 heterocycles. The van der Waals surface area contributed by atoms with Gasteiger partial charge in [0.25, 0.3) is 0 Å². The predicted molar refractivity (Wildman–Crippen MR) is 44.5 cm³/mol. The molecular weight excluding hydrogens is 138 g/mol. The van der Waals surface area contributed by atoms with Gasteiger partial charge in [0.05, 0.1) is 6.10 Å². The van der Waals surface area contributed by atoms with Crippen molar-refractivity contribution in [1.29, 1.82) is 0 Å². The fraction of sp³-hybridized carbons (Fsp3) is 0.778. The molecule has 0 radical (unpaired) electrons. The topological polar surface area (TPSA) is 21.3 Å². The van der Waals surface area contributed by atoms with Gasteiger partial charge in [-0.1, -0.05) is 12.2 Å². The largest absolute Gasteiger partial charge is 0.378 e. The first-order chi connectivity index (χ1) is 5.45. The van der Waals surface area contributed by atoms with E-state index in [2.05, 4.69) is 17.5 Å². The summed E-state index contributed by atoms with van der Waals surface area (Å²) in [7, 11) is 0. The van der Waals surface area contributed by atoms with Crippen LogP contribution >= 0.6 is 0 Å². The van der Waals surface area contributed by atoms with Crippen molar-refractivity contribution < 1.29 is 4.74 Å². The first kappa shape index (κ1) is 7.32. The Balaban J connectivity index is 1.75. The lowest BCUT2D eigenvalue weighted by Crippen LogP contribution is -2.26. The summed E-state index contributed by atoms with van der Waals surface area (Å²) >= 11 is 0. The van der Waals surface area contributed by atoms with Crippen LogP contribution in [0.25, 0.3) is 0 Å². The average Bonchev–Trinajstić information content (AvgIpc) is 2.60. The van der Waals surface area contributed by atoms with Gasteiger partial charge in [-0.15, -0.1) is 0 Å². The van der Waals surface area contributed by atoms with Gasteiger partial charge in [0.1, 0.15) is 0 Å². The average molecular weight is 153 g/mol. The summed E-state index contributed by atoms with van der Waals surface area (Å²) in [6, 6.07) is 0.582. The van der Waals surface area contributed by atoms with Gasteiger partial charge >= 0.3 is 0 Å². The van der Waals surface area contributed by atoms with Gasteiger partial charge in [-0.25, -0.2) is 0 Å². The maximum atomic E-state index is 5.54. The molecule has 1 saturated heterocycles. The van der Waals surface area contributed by atoms with Crippen molar-refractivity contribution in [1.82, 2.24) is 5.32 Å². The molecule has 1 fully saturated rings. The Kier molecular flexibility index (Phi) is 2.24. The van der Waals surface area contributed by atoms with Gasteiger partial charge < -0.3 is 10.1 Å². The summed E-state index contributed by atoms with van der Waals surface area (Å²) < 4.78 is 5.54. The van der Waals surface area contributed by atoms with Crippen LogP contribution in [-0.4, -0.2) is 25.3 Å². The SMILES string of the molecule is C1=CC(CC2CCCO2)NC1. The van der Waals surface area contributed by atoms with E-state index in [1.165, 1.54) is 12.8 Å². The van der Waals surface area contributed by atoms with Crippen LogP contribution in [0.2, 0.25) is 0 Å². The number of hydrogen-bond donors (Lipinski definition) is 1. The molecule has 2 atom stereocenters. The third kappa shape index (κ3) is 1.82. The van der Waals surface area contributed by atoms with Crippen LogP contribution in [0, 0.1) is 0 Å². The lowest BCUT2D eigenvalue weighted by Gasteiger charge is -2.13. The first-order valence-corrected chi connectivity index (χ1v) is 4.47. The molecule has 11 heavy (non-hydrogen) atoms. The lowest BCUT2D eigenvalue weighted by atomic mass is 10.1. The summed E-state index contributed by atoms with van der Waals surface area (Å²) in [6.07, 6.45) is 8.64. The molecule has 0 spiro atoms. The molecule has 0 aromatic carbocycles. The minimum Gasteiger partial charge on any atom is -0.378 e. The second-order valence-corrected chi connectivity index (χ2v) is 3.31. The molecular formula is C9H15NO. The smallest absolute Gasteiger partial charge is 0.0593 e. The van der Waals surface area contributed by atoms with Crippen LogP contribution in [0.5, 0.6) is 0 Å². The van der Waals surface area contributed by atoms with Crippen molar-refractivity contribution in [3.63, 3.8) is 0 Å². The van der Waals surface area contributed by atoms with Gasteiger partial charge in [0.2, 0.25) is 0 Å². The zero-order valence-corrected chi connectivity index (χ0v) is 6.75. The van der Waals surface area contributed by atoms with Crippen molar-refractivity contribution >= 4 is 0 Å². The van der Waals surface area contributed by atoms with E-state index in [1.807, 2.05) is 0 Å². The summed E-state index contributed by atoms with van der Waals surface area (Å²) in [5.41, 5.74) is 0. The zero-order valence-electron chi connectivity index (χ0n) is 6.75. The maximum Gasteiger partial charge on any atom is 0.0593 e. The second kappa shape index (κ2) is 3.37. The first-order valence-electron chi connectivity index (χ1n) is 4.47. The van der Waals surface area contributed by atoms with E-state index >= 15 is 0 Å². The van der Waals surface area contributed by atoms with Crippen molar-refractivity contribution in [2.45, 2.75) is 31.4 Å². The van der Waals surface area contributed by atoms with Gasteiger partial charge in [-0.3, -0.25) is 0 Å². The Morgan fingerprint density at radius 1 is 1.55 bits per heavy atom. The summed E-state index contributed by atoms with van der Waals surface area (Å²) in [5, 5.41) is 3.39. The van der Waals surface area contributed by atoms with E-state index in [4.69, 9.17) is 4.74 Å². The third-order valence-corrected chi connectivity index (χ3v) is 2.41. The molecule has 0 amide bonds. The van der Waals surface area contributed by atoms with E-state index in [0.717, 1.165) is 19.6 Å². The molecule has 2 unspecified atom stereocenters. The highest BCUT2D eigenvalue weighted by molar-refractivity contribution is 5.02. The Morgan fingerprint density at radius 2 is 2.55 bits per heavy atom. The molecule has 0 aromatic heterocycles. The molecule has 0 bridgehead atoms. The molecule has 2 heteroatoms. The molecule has 0 saturated carbocycles. The van der Waals surface area contributed by atoms with Crippen LogP contribution < -0.4 is 5.32 Å². The molecule has 1 N–H and O–H groups in total. The highest BCUT2D eigenvalue weighted by Crippen LogP contribution is 2.18. The van der Waals surface area contributed by atoms with Crippen LogP contribution in [0.4, 0.5) is 0 Å². The Hall–Kier alpha value is -0.340. The quantitative estimate of drug-likeness (QED) is 0.599. The van der Waals surface area contributed by atoms with Gasteiger partial charge in [-0.2, -0.15) is 0 Å². The number of nitrogens with one attached hydrogen (secondary N) is 1. The summed E-state index contributed by atoms with van der Waals surface area (Å²) in [5.74, 6) is 0. The van der Waals surface area contributed by atoms with E-state index in [0.29, 0.717) is 12.1 Å². The van der Waals surface area contributed by atoms with Gasteiger partial charge in [-0.05, 0) is 19.3 Å². The molecule has 62 valence electrons. The van der Waals surface area contributed by atoms with Crippen molar-refractivity contribution in [3.05, 3.63) is 12.2 Å². The fourth-order valence-corrected chi connectivity index (χ4v) is 1.80. The standard InChI is InChI=1S/C9H15NO/c1-3-8(10-5-1)7-9-4-2-6-11-9/h1,3,8-10H,2,4-7H2. The van der Waals surface area contributed by atoms with Crippen LogP contribution in [0.15, 0.2) is 12.2 Å². The van der Waals surface area contributed by atoms with E-state index < -0.39 is 0 Å². The molecule has 2 aliphatic rings. The minimum atomic E-state index is 0.523.